The molecular formula is C11H18FN3O. The SMILES string of the molecule is CNc1cc(CN)cc(OC[C@H](F)CN)c1. The maximum absolute atomic E-state index is 12.9. The Morgan fingerprint density at radius 2 is 2.12 bits per heavy atom. The average Bonchev–Trinajstić information content (AvgIpc) is 2.35. The summed E-state index contributed by atoms with van der Waals surface area (Å²) in [6.45, 7) is 0.352. The lowest BCUT2D eigenvalue weighted by molar-refractivity contribution is 0.201. The Bertz CT molecular complexity index is 311. The molecule has 1 atom stereocenters. The van der Waals surface area contributed by atoms with Crippen LogP contribution in [0.25, 0.3) is 0 Å². The van der Waals surface area contributed by atoms with Gasteiger partial charge in [0.15, 0.2) is 0 Å². The molecule has 16 heavy (non-hydrogen) atoms. The van der Waals surface area contributed by atoms with Crippen LogP contribution < -0.4 is 21.5 Å². The van der Waals surface area contributed by atoms with Crippen molar-refractivity contribution in [2.24, 2.45) is 11.5 Å². The largest absolute Gasteiger partial charge is 0.490 e. The number of rotatable bonds is 6. The van der Waals surface area contributed by atoms with E-state index in [2.05, 4.69) is 5.32 Å². The number of benzene rings is 1. The van der Waals surface area contributed by atoms with Crippen LogP contribution >= 0.6 is 0 Å². The van der Waals surface area contributed by atoms with Crippen molar-refractivity contribution in [1.29, 1.82) is 0 Å². The first-order valence-electron chi connectivity index (χ1n) is 5.18. The Labute approximate surface area is 94.8 Å². The van der Waals surface area contributed by atoms with Crippen molar-refractivity contribution in [3.63, 3.8) is 0 Å². The molecule has 1 rings (SSSR count). The molecule has 0 fully saturated rings. The van der Waals surface area contributed by atoms with Crippen molar-refractivity contribution in [1.82, 2.24) is 0 Å². The molecule has 0 aromatic heterocycles. The van der Waals surface area contributed by atoms with E-state index in [9.17, 15) is 4.39 Å². The molecule has 0 bridgehead atoms. The molecular weight excluding hydrogens is 209 g/mol. The Balaban J connectivity index is 2.71. The standard InChI is InChI=1S/C11H18FN3O/c1-15-10-2-8(5-13)3-11(4-10)16-7-9(12)6-14/h2-4,9,15H,5-7,13-14H2,1H3/t9-/m1/s1. The molecule has 5 heteroatoms. The number of ether oxygens (including phenoxy) is 1. The van der Waals surface area contributed by atoms with Crippen LogP contribution in [0.3, 0.4) is 0 Å². The first kappa shape index (κ1) is 12.7. The second-order valence-electron chi connectivity index (χ2n) is 3.46. The molecule has 0 aliphatic carbocycles. The van der Waals surface area contributed by atoms with Gasteiger partial charge in [0.1, 0.15) is 18.5 Å². The van der Waals surface area contributed by atoms with Gasteiger partial charge in [0.2, 0.25) is 0 Å². The van der Waals surface area contributed by atoms with Crippen molar-refractivity contribution in [3.05, 3.63) is 23.8 Å². The van der Waals surface area contributed by atoms with E-state index in [-0.39, 0.29) is 13.2 Å². The van der Waals surface area contributed by atoms with Crippen LogP contribution in [-0.4, -0.2) is 26.4 Å². The van der Waals surface area contributed by atoms with Gasteiger partial charge in [-0.05, 0) is 17.7 Å². The van der Waals surface area contributed by atoms with Crippen molar-refractivity contribution >= 4 is 5.69 Å². The number of hydrogen-bond donors (Lipinski definition) is 3. The van der Waals surface area contributed by atoms with E-state index < -0.39 is 6.17 Å². The van der Waals surface area contributed by atoms with Crippen LogP contribution in [0.2, 0.25) is 0 Å². The molecule has 0 aliphatic heterocycles. The molecule has 0 unspecified atom stereocenters. The fraction of sp³-hybridized carbons (Fsp3) is 0.455. The number of hydrogen-bond acceptors (Lipinski definition) is 4. The van der Waals surface area contributed by atoms with Gasteiger partial charge in [-0.1, -0.05) is 0 Å². The number of anilines is 1. The maximum atomic E-state index is 12.9. The lowest BCUT2D eigenvalue weighted by Crippen LogP contribution is -2.22. The summed E-state index contributed by atoms with van der Waals surface area (Å²) in [5, 5.41) is 2.99. The number of nitrogens with two attached hydrogens (primary N) is 2. The molecule has 90 valence electrons. The van der Waals surface area contributed by atoms with Crippen molar-refractivity contribution < 1.29 is 9.13 Å². The summed E-state index contributed by atoms with van der Waals surface area (Å²) in [7, 11) is 1.80. The first-order chi connectivity index (χ1) is 7.69. The summed E-state index contributed by atoms with van der Waals surface area (Å²) in [5.41, 5.74) is 12.5. The van der Waals surface area contributed by atoms with Gasteiger partial charge in [0.05, 0.1) is 0 Å². The lowest BCUT2D eigenvalue weighted by atomic mass is 10.2. The van der Waals surface area contributed by atoms with Gasteiger partial charge < -0.3 is 21.5 Å². The molecule has 0 spiro atoms. The van der Waals surface area contributed by atoms with Gasteiger partial charge in [0.25, 0.3) is 0 Å². The van der Waals surface area contributed by atoms with Crippen LogP contribution in [0.1, 0.15) is 5.56 Å². The summed E-state index contributed by atoms with van der Waals surface area (Å²) < 4.78 is 18.2. The van der Waals surface area contributed by atoms with Crippen LogP contribution in [0.4, 0.5) is 10.1 Å². The highest BCUT2D eigenvalue weighted by Crippen LogP contribution is 2.20. The molecule has 4 nitrogen and oxygen atoms in total. The summed E-state index contributed by atoms with van der Waals surface area (Å²) in [5.74, 6) is 0.600. The van der Waals surface area contributed by atoms with Gasteiger partial charge in [-0.15, -0.1) is 0 Å². The molecule has 0 aliphatic rings. The summed E-state index contributed by atoms with van der Waals surface area (Å²) >= 11 is 0. The summed E-state index contributed by atoms with van der Waals surface area (Å²) in [4.78, 5) is 0. The van der Waals surface area contributed by atoms with Crippen molar-refractivity contribution in [3.8, 4) is 5.75 Å². The highest BCUT2D eigenvalue weighted by Gasteiger charge is 2.06. The Hall–Kier alpha value is -1.33. The highest BCUT2D eigenvalue weighted by molar-refractivity contribution is 5.50. The van der Waals surface area contributed by atoms with E-state index in [1.54, 1.807) is 19.2 Å². The van der Waals surface area contributed by atoms with E-state index in [1.165, 1.54) is 0 Å². The van der Waals surface area contributed by atoms with E-state index in [0.717, 1.165) is 11.3 Å². The number of nitrogens with one attached hydrogen (secondary N) is 1. The smallest absolute Gasteiger partial charge is 0.146 e. The fourth-order valence-electron chi connectivity index (χ4n) is 1.26. The average molecular weight is 227 g/mol. The zero-order chi connectivity index (χ0) is 12.0. The second-order valence-corrected chi connectivity index (χ2v) is 3.46. The molecule has 0 amide bonds. The highest BCUT2D eigenvalue weighted by atomic mass is 19.1. The van der Waals surface area contributed by atoms with Crippen LogP contribution in [0.15, 0.2) is 18.2 Å². The second kappa shape index (κ2) is 6.30. The third kappa shape index (κ3) is 3.67. The fourth-order valence-corrected chi connectivity index (χ4v) is 1.26. The molecule has 0 radical (unpaired) electrons. The van der Waals surface area contributed by atoms with E-state index in [0.29, 0.717) is 12.3 Å². The third-order valence-electron chi connectivity index (χ3n) is 2.18. The molecule has 0 saturated carbocycles. The Morgan fingerprint density at radius 3 is 2.69 bits per heavy atom. The quantitative estimate of drug-likeness (QED) is 0.674. The van der Waals surface area contributed by atoms with Crippen LogP contribution in [0, 0.1) is 0 Å². The molecule has 1 aromatic carbocycles. The van der Waals surface area contributed by atoms with Crippen LogP contribution in [0.5, 0.6) is 5.75 Å². The first-order valence-corrected chi connectivity index (χ1v) is 5.18. The number of halogens is 1. The van der Waals surface area contributed by atoms with Gasteiger partial charge in [-0.25, -0.2) is 4.39 Å². The molecule has 5 N–H and O–H groups in total. The monoisotopic (exact) mass is 227 g/mol. The summed E-state index contributed by atoms with van der Waals surface area (Å²) in [6.07, 6.45) is -1.14. The lowest BCUT2D eigenvalue weighted by Gasteiger charge is -2.11. The normalized spacial score (nSPS) is 12.2. The molecule has 0 saturated heterocycles. The minimum atomic E-state index is -1.14. The zero-order valence-corrected chi connectivity index (χ0v) is 9.37. The minimum Gasteiger partial charge on any atom is -0.490 e. The summed E-state index contributed by atoms with van der Waals surface area (Å²) in [6, 6.07) is 5.51. The van der Waals surface area contributed by atoms with Crippen molar-refractivity contribution in [2.45, 2.75) is 12.7 Å². The van der Waals surface area contributed by atoms with E-state index >= 15 is 0 Å². The van der Waals surface area contributed by atoms with E-state index in [1.807, 2.05) is 6.07 Å². The topological polar surface area (TPSA) is 73.3 Å². The Kier molecular flexibility index (Phi) is 5.01. The van der Waals surface area contributed by atoms with Crippen molar-refractivity contribution in [2.75, 3.05) is 25.5 Å². The molecule has 1 aromatic rings. The third-order valence-corrected chi connectivity index (χ3v) is 2.18. The maximum Gasteiger partial charge on any atom is 0.146 e. The van der Waals surface area contributed by atoms with Crippen LogP contribution in [-0.2, 0) is 6.54 Å². The van der Waals surface area contributed by atoms with Gasteiger partial charge in [-0.3, -0.25) is 0 Å². The zero-order valence-electron chi connectivity index (χ0n) is 9.37. The minimum absolute atomic E-state index is 0.0323. The molecule has 0 heterocycles. The Morgan fingerprint density at radius 1 is 1.38 bits per heavy atom. The number of alkyl halides is 1. The van der Waals surface area contributed by atoms with Gasteiger partial charge in [0, 0.05) is 31.9 Å². The van der Waals surface area contributed by atoms with Gasteiger partial charge >= 0.3 is 0 Å². The predicted molar refractivity (Wildman–Crippen MR) is 63.3 cm³/mol. The van der Waals surface area contributed by atoms with E-state index in [4.69, 9.17) is 16.2 Å². The predicted octanol–water partition coefficient (Wildman–Crippen LogP) is 0.863. The van der Waals surface area contributed by atoms with Gasteiger partial charge in [-0.2, -0.15) is 0 Å².